The zero-order valence-corrected chi connectivity index (χ0v) is 41.7. The smallest absolute Gasteiger partial charge is 0.462 e. The minimum Gasteiger partial charge on any atom is -0.462 e. The van der Waals surface area contributed by atoms with Crippen LogP contribution >= 0.6 is 7.82 Å². The van der Waals surface area contributed by atoms with Gasteiger partial charge in [-0.05, 0) is 70.6 Å². The third-order valence-corrected chi connectivity index (χ3v) is 11.8. The molecule has 0 fully saturated rings. The van der Waals surface area contributed by atoms with Gasteiger partial charge in [0.25, 0.3) is 0 Å². The number of carbonyl (C=O) groups excluding carboxylic acids is 2. The molecule has 0 aliphatic heterocycles. The average Bonchev–Trinajstić information content (AvgIpc) is 3.23. The maximum atomic E-state index is 12.7. The van der Waals surface area contributed by atoms with Crippen LogP contribution in [0.3, 0.4) is 0 Å². The molecule has 1 unspecified atom stereocenters. The first kappa shape index (κ1) is 60.0. The lowest BCUT2D eigenvalue weighted by molar-refractivity contribution is -0.870. The quantitative estimate of drug-likeness (QED) is 0.0212. The van der Waals surface area contributed by atoms with Crippen LogP contribution in [0.1, 0.15) is 219 Å². The molecule has 62 heavy (non-hydrogen) atoms. The summed E-state index contributed by atoms with van der Waals surface area (Å²) in [6.07, 6.45) is 53.3. The Kier molecular flexibility index (Phi) is 42.7. The van der Waals surface area contributed by atoms with E-state index in [0.717, 1.165) is 44.9 Å². The number of phosphoric acid groups is 1. The zero-order valence-electron chi connectivity index (χ0n) is 40.9. The molecule has 9 nitrogen and oxygen atoms in total. The second-order valence-corrected chi connectivity index (χ2v) is 19.6. The average molecular weight is 895 g/mol. The Morgan fingerprint density at radius 2 is 0.887 bits per heavy atom. The summed E-state index contributed by atoms with van der Waals surface area (Å²) in [6.45, 7) is 4.34. The molecule has 0 rings (SSSR count). The molecule has 0 aromatic rings. The number of esters is 2. The van der Waals surface area contributed by atoms with Gasteiger partial charge in [0.2, 0.25) is 0 Å². The molecule has 2 atom stereocenters. The van der Waals surface area contributed by atoms with E-state index in [9.17, 15) is 19.0 Å². The molecule has 0 aliphatic carbocycles. The van der Waals surface area contributed by atoms with Gasteiger partial charge in [0.15, 0.2) is 6.10 Å². The molecule has 362 valence electrons. The number of rotatable bonds is 46. The SMILES string of the molecule is CCCCC/C=C/C/C=C/C/C=C/CCCCC(=O)OC[C@H](COP(=O)(O)OCC[N+](C)(C)C)OC(=O)CCC/C=C/CCCCCCCCCCCCCCCCCCCC. The fourth-order valence-electron chi connectivity index (χ4n) is 6.85. The molecule has 0 aromatic heterocycles. The highest BCUT2D eigenvalue weighted by atomic mass is 31.2. The topological polar surface area (TPSA) is 108 Å². The third kappa shape index (κ3) is 47.4. The first-order valence-corrected chi connectivity index (χ1v) is 26.9. The van der Waals surface area contributed by atoms with E-state index in [-0.39, 0.29) is 26.1 Å². The van der Waals surface area contributed by atoms with Crippen molar-refractivity contribution in [3.8, 4) is 0 Å². The number of unbranched alkanes of at least 4 members (excludes halogenated alkanes) is 24. The van der Waals surface area contributed by atoms with E-state index >= 15 is 0 Å². The first-order valence-electron chi connectivity index (χ1n) is 25.4. The maximum absolute atomic E-state index is 12.7. The maximum Gasteiger partial charge on any atom is 0.472 e. The van der Waals surface area contributed by atoms with Crippen LogP contribution in [0.2, 0.25) is 0 Å². The monoisotopic (exact) mass is 895 g/mol. The number of nitrogens with zero attached hydrogens (tertiary/aromatic N) is 1. The Morgan fingerprint density at radius 1 is 0.500 bits per heavy atom. The Hall–Kier alpha value is -2.03. The van der Waals surface area contributed by atoms with Gasteiger partial charge in [0.1, 0.15) is 19.8 Å². The zero-order chi connectivity index (χ0) is 45.7. The lowest BCUT2D eigenvalue weighted by Crippen LogP contribution is -2.37. The normalized spacial score (nSPS) is 13.8. The van der Waals surface area contributed by atoms with E-state index in [1.54, 1.807) is 0 Å². The molecule has 0 bridgehead atoms. The van der Waals surface area contributed by atoms with E-state index < -0.39 is 32.5 Å². The molecule has 0 radical (unpaired) electrons. The van der Waals surface area contributed by atoms with Crippen LogP contribution in [0.5, 0.6) is 0 Å². The number of hydrogen-bond donors (Lipinski definition) is 1. The van der Waals surface area contributed by atoms with Crippen LogP contribution in [0, 0.1) is 0 Å². The summed E-state index contributed by atoms with van der Waals surface area (Å²) >= 11 is 0. The molecular formula is C52H97NO8P+. The fraction of sp³-hybridized carbons (Fsp3) is 0.808. The summed E-state index contributed by atoms with van der Waals surface area (Å²) in [6, 6.07) is 0. The van der Waals surface area contributed by atoms with Crippen molar-refractivity contribution >= 4 is 19.8 Å². The van der Waals surface area contributed by atoms with Crippen LogP contribution in [-0.4, -0.2) is 74.9 Å². The van der Waals surface area contributed by atoms with E-state index in [4.69, 9.17) is 18.5 Å². The third-order valence-electron chi connectivity index (χ3n) is 10.8. The Balaban J connectivity index is 4.30. The van der Waals surface area contributed by atoms with Gasteiger partial charge in [0.05, 0.1) is 27.7 Å². The molecule has 0 heterocycles. The second-order valence-electron chi connectivity index (χ2n) is 18.2. The Morgan fingerprint density at radius 3 is 1.39 bits per heavy atom. The second kappa shape index (κ2) is 44.2. The van der Waals surface area contributed by atoms with Crippen LogP contribution in [-0.2, 0) is 32.7 Å². The lowest BCUT2D eigenvalue weighted by atomic mass is 10.0. The number of likely N-dealkylation sites (N-methyl/N-ethyl adjacent to an activating group) is 1. The molecule has 0 amide bonds. The predicted octanol–water partition coefficient (Wildman–Crippen LogP) is 15.0. The van der Waals surface area contributed by atoms with Crippen molar-refractivity contribution in [3.63, 3.8) is 0 Å². The molecule has 0 saturated carbocycles. The molecular weight excluding hydrogens is 798 g/mol. The van der Waals surface area contributed by atoms with Gasteiger partial charge < -0.3 is 18.9 Å². The van der Waals surface area contributed by atoms with Crippen LogP contribution in [0.4, 0.5) is 0 Å². The fourth-order valence-corrected chi connectivity index (χ4v) is 7.59. The van der Waals surface area contributed by atoms with Gasteiger partial charge in [-0.1, -0.05) is 184 Å². The number of ether oxygens (including phenoxy) is 2. The highest BCUT2D eigenvalue weighted by molar-refractivity contribution is 7.47. The van der Waals surface area contributed by atoms with Gasteiger partial charge in [0, 0.05) is 12.8 Å². The molecule has 0 saturated heterocycles. The van der Waals surface area contributed by atoms with Crippen LogP contribution in [0.15, 0.2) is 48.6 Å². The molecule has 1 N–H and O–H groups in total. The summed E-state index contributed by atoms with van der Waals surface area (Å²) in [5, 5.41) is 0. The summed E-state index contributed by atoms with van der Waals surface area (Å²) < 4.78 is 34.3. The number of carbonyl (C=O) groups is 2. The van der Waals surface area contributed by atoms with Gasteiger partial charge in [-0.15, -0.1) is 0 Å². The van der Waals surface area contributed by atoms with Crippen molar-refractivity contribution in [3.05, 3.63) is 48.6 Å². The van der Waals surface area contributed by atoms with Gasteiger partial charge in [-0.3, -0.25) is 18.6 Å². The van der Waals surface area contributed by atoms with E-state index in [2.05, 4.69) is 62.5 Å². The van der Waals surface area contributed by atoms with E-state index in [0.29, 0.717) is 23.9 Å². The van der Waals surface area contributed by atoms with Gasteiger partial charge in [-0.2, -0.15) is 0 Å². The highest BCUT2D eigenvalue weighted by Gasteiger charge is 2.27. The lowest BCUT2D eigenvalue weighted by Gasteiger charge is -2.24. The minimum atomic E-state index is -4.39. The Bertz CT molecular complexity index is 1190. The molecule has 0 aliphatic rings. The van der Waals surface area contributed by atoms with Crippen molar-refractivity contribution in [2.45, 2.75) is 225 Å². The standard InChI is InChI=1S/C52H96NO8P/c1-6-8-10-12-14-16-18-20-22-23-24-25-26-27-28-29-31-33-35-37-39-41-43-45-52(55)61-50(49-60-62(56,57)59-47-46-53(3,4)5)48-58-51(54)44-42-40-38-36-34-32-30-21-19-17-15-13-11-9-7-2/h15,17,21,30,34,36-37,39,50H,6-14,16,18-20,22-29,31-33,35,38,40-49H2,1-5H3/p+1/b17-15+,30-21+,36-34+,39-37+/t50-/m1/s1. The van der Waals surface area contributed by atoms with Crippen molar-refractivity contribution in [1.29, 1.82) is 0 Å². The minimum absolute atomic E-state index is 0.0204. The summed E-state index contributed by atoms with van der Waals surface area (Å²) in [4.78, 5) is 35.5. The predicted molar refractivity (Wildman–Crippen MR) is 261 cm³/mol. The van der Waals surface area contributed by atoms with Crippen molar-refractivity contribution in [2.75, 3.05) is 47.5 Å². The number of allylic oxidation sites excluding steroid dienone is 8. The van der Waals surface area contributed by atoms with E-state index in [1.807, 2.05) is 21.1 Å². The highest BCUT2D eigenvalue weighted by Crippen LogP contribution is 2.43. The number of quaternary nitrogens is 1. The van der Waals surface area contributed by atoms with Crippen molar-refractivity contribution in [1.82, 2.24) is 0 Å². The first-order chi connectivity index (χ1) is 30.0. The van der Waals surface area contributed by atoms with Gasteiger partial charge >= 0.3 is 19.8 Å². The number of phosphoric ester groups is 1. The largest absolute Gasteiger partial charge is 0.472 e. The summed E-state index contributed by atoms with van der Waals surface area (Å²) in [5.41, 5.74) is 0. The number of hydrogen-bond acceptors (Lipinski definition) is 7. The van der Waals surface area contributed by atoms with E-state index in [1.165, 1.54) is 135 Å². The molecule has 10 heteroatoms. The van der Waals surface area contributed by atoms with Crippen LogP contribution < -0.4 is 0 Å². The Labute approximate surface area is 382 Å². The van der Waals surface area contributed by atoms with Crippen LogP contribution in [0.25, 0.3) is 0 Å². The van der Waals surface area contributed by atoms with Crippen molar-refractivity contribution in [2.24, 2.45) is 0 Å². The molecule has 0 spiro atoms. The molecule has 0 aromatic carbocycles. The summed E-state index contributed by atoms with van der Waals surface area (Å²) in [7, 11) is 1.44. The summed E-state index contributed by atoms with van der Waals surface area (Å²) in [5.74, 6) is -0.877. The van der Waals surface area contributed by atoms with Gasteiger partial charge in [-0.25, -0.2) is 4.57 Å². The van der Waals surface area contributed by atoms with Crippen molar-refractivity contribution < 1.29 is 42.1 Å².